The van der Waals surface area contributed by atoms with Crippen LogP contribution in [0.5, 0.6) is 0 Å². The fourth-order valence-corrected chi connectivity index (χ4v) is 1.88. The van der Waals surface area contributed by atoms with Crippen molar-refractivity contribution in [2.45, 2.75) is 58.5 Å². The molecule has 3 N–H and O–H groups in total. The smallest absolute Gasteiger partial charge is 0.237 e. The van der Waals surface area contributed by atoms with Crippen LogP contribution in [0.25, 0.3) is 0 Å². The van der Waals surface area contributed by atoms with E-state index in [9.17, 15) is 4.79 Å². The number of amides is 1. The summed E-state index contributed by atoms with van der Waals surface area (Å²) in [4.78, 5) is 11.7. The Labute approximate surface area is 92.8 Å². The van der Waals surface area contributed by atoms with Crippen molar-refractivity contribution in [2.24, 2.45) is 17.6 Å². The van der Waals surface area contributed by atoms with Crippen molar-refractivity contribution < 1.29 is 4.79 Å². The van der Waals surface area contributed by atoms with Crippen molar-refractivity contribution in [3.63, 3.8) is 0 Å². The first-order chi connectivity index (χ1) is 6.99. The highest BCUT2D eigenvalue weighted by atomic mass is 16.2. The van der Waals surface area contributed by atoms with E-state index < -0.39 is 0 Å². The molecular weight excluding hydrogens is 188 g/mol. The Kier molecular flexibility index (Phi) is 4.58. The largest absolute Gasteiger partial charge is 0.352 e. The average Bonchev–Trinajstić information content (AvgIpc) is 2.86. The highest BCUT2D eigenvalue weighted by Crippen LogP contribution is 2.33. The number of hydrogen-bond acceptors (Lipinski definition) is 2. The molecule has 0 aromatic carbocycles. The molecule has 0 spiro atoms. The van der Waals surface area contributed by atoms with Gasteiger partial charge >= 0.3 is 0 Å². The third-order valence-electron chi connectivity index (χ3n) is 2.83. The Morgan fingerprint density at radius 3 is 2.47 bits per heavy atom. The molecule has 1 saturated carbocycles. The molecule has 1 aliphatic rings. The maximum absolute atomic E-state index is 11.7. The van der Waals surface area contributed by atoms with Gasteiger partial charge in [0.05, 0.1) is 6.04 Å². The topological polar surface area (TPSA) is 55.1 Å². The van der Waals surface area contributed by atoms with Crippen LogP contribution in [0.2, 0.25) is 0 Å². The summed E-state index contributed by atoms with van der Waals surface area (Å²) in [6, 6.07) is -0.0603. The van der Waals surface area contributed by atoms with Crippen LogP contribution in [0, 0.1) is 11.8 Å². The van der Waals surface area contributed by atoms with Crippen molar-refractivity contribution >= 4 is 5.91 Å². The minimum absolute atomic E-state index is 0.0110. The molecule has 0 saturated heterocycles. The molecular formula is C12H24N2O. The molecule has 0 aliphatic heterocycles. The molecule has 0 aromatic heterocycles. The molecule has 3 heteroatoms. The van der Waals surface area contributed by atoms with E-state index in [4.69, 9.17) is 5.73 Å². The molecule has 2 unspecified atom stereocenters. The number of nitrogens with two attached hydrogens (primary N) is 1. The Bertz CT molecular complexity index is 212. The van der Waals surface area contributed by atoms with Crippen molar-refractivity contribution in [3.8, 4) is 0 Å². The summed E-state index contributed by atoms with van der Waals surface area (Å²) < 4.78 is 0. The molecule has 88 valence electrons. The molecule has 15 heavy (non-hydrogen) atoms. The van der Waals surface area contributed by atoms with Crippen LogP contribution in [0.3, 0.4) is 0 Å². The fraction of sp³-hybridized carbons (Fsp3) is 0.917. The lowest BCUT2D eigenvalue weighted by Crippen LogP contribution is -2.45. The maximum atomic E-state index is 11.7. The van der Waals surface area contributed by atoms with Gasteiger partial charge in [-0.15, -0.1) is 0 Å². The molecule has 3 nitrogen and oxygen atoms in total. The van der Waals surface area contributed by atoms with Crippen molar-refractivity contribution in [2.75, 3.05) is 0 Å². The van der Waals surface area contributed by atoms with Crippen LogP contribution in [-0.4, -0.2) is 18.0 Å². The minimum Gasteiger partial charge on any atom is -0.352 e. The molecule has 1 amide bonds. The van der Waals surface area contributed by atoms with E-state index in [1.807, 2.05) is 0 Å². The third-order valence-corrected chi connectivity index (χ3v) is 2.83. The minimum atomic E-state index is -0.341. The first-order valence-corrected chi connectivity index (χ1v) is 6.05. The molecule has 0 radical (unpaired) electrons. The van der Waals surface area contributed by atoms with Crippen molar-refractivity contribution in [1.29, 1.82) is 0 Å². The monoisotopic (exact) mass is 212 g/mol. The summed E-state index contributed by atoms with van der Waals surface area (Å²) in [5.74, 6) is 1.34. The van der Waals surface area contributed by atoms with E-state index in [1.54, 1.807) is 0 Å². The van der Waals surface area contributed by atoms with Gasteiger partial charge in [-0.25, -0.2) is 0 Å². The highest BCUT2D eigenvalue weighted by molar-refractivity contribution is 5.81. The van der Waals surface area contributed by atoms with Gasteiger partial charge in [0.1, 0.15) is 0 Å². The lowest BCUT2D eigenvalue weighted by atomic mass is 10.0. The molecule has 1 rings (SSSR count). The second-order valence-corrected chi connectivity index (χ2v) is 5.32. The van der Waals surface area contributed by atoms with Crippen LogP contribution >= 0.6 is 0 Å². The number of carbonyl (C=O) groups excluding carboxylic acids is 1. The zero-order valence-corrected chi connectivity index (χ0v) is 10.1. The van der Waals surface area contributed by atoms with Gasteiger partial charge in [0, 0.05) is 6.04 Å². The van der Waals surface area contributed by atoms with Gasteiger partial charge in [0.25, 0.3) is 0 Å². The SMILES string of the molecule is CC(C)CC(N)C(=O)NC(C)CC1CC1. The van der Waals surface area contributed by atoms with Gasteiger partial charge < -0.3 is 11.1 Å². The van der Waals surface area contributed by atoms with E-state index in [2.05, 4.69) is 26.1 Å². The Balaban J connectivity index is 2.20. The first-order valence-electron chi connectivity index (χ1n) is 6.05. The highest BCUT2D eigenvalue weighted by Gasteiger charge is 2.25. The van der Waals surface area contributed by atoms with Gasteiger partial charge in [-0.3, -0.25) is 4.79 Å². The number of hydrogen-bond donors (Lipinski definition) is 2. The summed E-state index contributed by atoms with van der Waals surface area (Å²) in [5.41, 5.74) is 5.80. The quantitative estimate of drug-likeness (QED) is 0.703. The van der Waals surface area contributed by atoms with E-state index in [0.717, 1.165) is 18.8 Å². The van der Waals surface area contributed by atoms with E-state index in [-0.39, 0.29) is 18.0 Å². The van der Waals surface area contributed by atoms with Crippen LogP contribution in [0.15, 0.2) is 0 Å². The number of rotatable bonds is 6. The maximum Gasteiger partial charge on any atom is 0.237 e. The second kappa shape index (κ2) is 5.50. The number of nitrogens with one attached hydrogen (secondary N) is 1. The normalized spacial score (nSPS) is 20.1. The van der Waals surface area contributed by atoms with Crippen LogP contribution in [-0.2, 0) is 4.79 Å². The molecule has 0 heterocycles. The van der Waals surface area contributed by atoms with Gasteiger partial charge in [0.2, 0.25) is 5.91 Å². The molecule has 1 aliphatic carbocycles. The molecule has 1 fully saturated rings. The van der Waals surface area contributed by atoms with E-state index in [1.165, 1.54) is 12.8 Å². The van der Waals surface area contributed by atoms with Crippen molar-refractivity contribution in [1.82, 2.24) is 5.32 Å². The number of carbonyl (C=O) groups is 1. The predicted octanol–water partition coefficient (Wildman–Crippen LogP) is 1.66. The second-order valence-electron chi connectivity index (χ2n) is 5.32. The third kappa shape index (κ3) is 5.17. The van der Waals surface area contributed by atoms with Crippen molar-refractivity contribution in [3.05, 3.63) is 0 Å². The van der Waals surface area contributed by atoms with Gasteiger partial charge in [-0.2, -0.15) is 0 Å². The zero-order chi connectivity index (χ0) is 11.4. The zero-order valence-electron chi connectivity index (χ0n) is 10.1. The lowest BCUT2D eigenvalue weighted by molar-refractivity contribution is -0.123. The lowest BCUT2D eigenvalue weighted by Gasteiger charge is -2.18. The Hall–Kier alpha value is -0.570. The van der Waals surface area contributed by atoms with Crippen LogP contribution < -0.4 is 11.1 Å². The summed E-state index contributed by atoms with van der Waals surface area (Å²) >= 11 is 0. The van der Waals surface area contributed by atoms with Crippen LogP contribution in [0.4, 0.5) is 0 Å². The van der Waals surface area contributed by atoms with Gasteiger partial charge in [-0.05, 0) is 31.6 Å². The summed E-state index contributed by atoms with van der Waals surface area (Å²) in [5, 5.41) is 2.99. The average molecular weight is 212 g/mol. The van der Waals surface area contributed by atoms with Gasteiger partial charge in [0.15, 0.2) is 0 Å². The standard InChI is InChI=1S/C12H24N2O/c1-8(2)6-11(13)12(15)14-9(3)7-10-4-5-10/h8-11H,4-7,13H2,1-3H3,(H,14,15). The Morgan fingerprint density at radius 2 is 2.00 bits per heavy atom. The Morgan fingerprint density at radius 1 is 1.40 bits per heavy atom. The first kappa shape index (κ1) is 12.5. The molecule has 0 bridgehead atoms. The molecule has 0 aromatic rings. The van der Waals surface area contributed by atoms with Crippen LogP contribution in [0.1, 0.15) is 46.5 Å². The summed E-state index contributed by atoms with van der Waals surface area (Å²) in [7, 11) is 0. The van der Waals surface area contributed by atoms with E-state index in [0.29, 0.717) is 5.92 Å². The predicted molar refractivity (Wildman–Crippen MR) is 62.4 cm³/mol. The van der Waals surface area contributed by atoms with Gasteiger partial charge in [-0.1, -0.05) is 26.7 Å². The fourth-order valence-electron chi connectivity index (χ4n) is 1.88. The summed E-state index contributed by atoms with van der Waals surface area (Å²) in [6.07, 6.45) is 4.54. The van der Waals surface area contributed by atoms with E-state index >= 15 is 0 Å². The molecule has 2 atom stereocenters. The summed E-state index contributed by atoms with van der Waals surface area (Å²) in [6.45, 7) is 6.24.